The second kappa shape index (κ2) is 5.10. The van der Waals surface area contributed by atoms with E-state index in [1.807, 2.05) is 32.0 Å². The molecule has 0 radical (unpaired) electrons. The van der Waals surface area contributed by atoms with Crippen molar-refractivity contribution >= 4 is 5.97 Å². The highest BCUT2D eigenvalue weighted by Crippen LogP contribution is 2.26. The molecule has 1 aromatic carbocycles. The molecule has 0 saturated heterocycles. The largest absolute Gasteiger partial charge is 0.478 e. The first-order chi connectivity index (χ1) is 8.97. The van der Waals surface area contributed by atoms with Gasteiger partial charge in [-0.05, 0) is 44.0 Å². The summed E-state index contributed by atoms with van der Waals surface area (Å²) in [6.07, 6.45) is 0. The molecule has 2 rings (SSSR count). The lowest BCUT2D eigenvalue weighted by atomic mass is 10.1. The zero-order valence-electron chi connectivity index (χ0n) is 11.1. The standard InChI is InChI=1S/C15H15NO3/c1-9-5-4-6-13(11(9)3)19-14-8-12(15(17)18)7-10(2)16-14/h4-8H,1-3H3,(H,17,18). The predicted octanol–water partition coefficient (Wildman–Crippen LogP) is 3.50. The van der Waals surface area contributed by atoms with Crippen LogP contribution in [0.4, 0.5) is 0 Å². The Labute approximate surface area is 111 Å². The number of carbonyl (C=O) groups is 1. The van der Waals surface area contributed by atoms with Gasteiger partial charge in [0.05, 0.1) is 5.56 Å². The molecule has 98 valence electrons. The topological polar surface area (TPSA) is 59.4 Å². The Morgan fingerprint density at radius 2 is 1.95 bits per heavy atom. The minimum Gasteiger partial charge on any atom is -0.478 e. The Bertz CT molecular complexity index is 635. The zero-order chi connectivity index (χ0) is 14.0. The van der Waals surface area contributed by atoms with Crippen LogP contribution in [0.15, 0.2) is 30.3 Å². The number of pyridine rings is 1. The van der Waals surface area contributed by atoms with E-state index in [4.69, 9.17) is 9.84 Å². The van der Waals surface area contributed by atoms with E-state index >= 15 is 0 Å². The van der Waals surface area contributed by atoms with Gasteiger partial charge in [-0.2, -0.15) is 0 Å². The highest BCUT2D eigenvalue weighted by Gasteiger charge is 2.09. The number of aryl methyl sites for hydroxylation is 2. The van der Waals surface area contributed by atoms with Crippen LogP contribution < -0.4 is 4.74 Å². The van der Waals surface area contributed by atoms with Crippen molar-refractivity contribution in [3.8, 4) is 11.6 Å². The van der Waals surface area contributed by atoms with E-state index in [0.29, 0.717) is 17.3 Å². The number of carboxylic acids is 1. The van der Waals surface area contributed by atoms with Crippen LogP contribution in [-0.4, -0.2) is 16.1 Å². The summed E-state index contributed by atoms with van der Waals surface area (Å²) in [6.45, 7) is 5.69. The molecule has 1 N–H and O–H groups in total. The number of carboxylic acid groups (broad SMARTS) is 1. The Kier molecular flexibility index (Phi) is 3.51. The van der Waals surface area contributed by atoms with E-state index in [0.717, 1.165) is 11.1 Å². The molecule has 1 heterocycles. The predicted molar refractivity (Wildman–Crippen MR) is 71.9 cm³/mol. The smallest absolute Gasteiger partial charge is 0.335 e. The van der Waals surface area contributed by atoms with Crippen molar-refractivity contribution in [3.05, 3.63) is 52.7 Å². The minimum absolute atomic E-state index is 0.174. The SMILES string of the molecule is Cc1cc(C(=O)O)cc(Oc2cccc(C)c2C)n1. The molecule has 2 aromatic rings. The van der Waals surface area contributed by atoms with Crippen molar-refractivity contribution in [1.29, 1.82) is 0 Å². The molecule has 0 aliphatic rings. The van der Waals surface area contributed by atoms with Crippen molar-refractivity contribution in [1.82, 2.24) is 4.98 Å². The van der Waals surface area contributed by atoms with Crippen molar-refractivity contribution in [2.75, 3.05) is 0 Å². The zero-order valence-corrected chi connectivity index (χ0v) is 11.1. The van der Waals surface area contributed by atoms with Gasteiger partial charge in [-0.25, -0.2) is 9.78 Å². The Morgan fingerprint density at radius 1 is 1.21 bits per heavy atom. The van der Waals surface area contributed by atoms with Crippen LogP contribution in [0.3, 0.4) is 0 Å². The summed E-state index contributed by atoms with van der Waals surface area (Å²) in [7, 11) is 0. The van der Waals surface area contributed by atoms with Gasteiger partial charge in [0, 0.05) is 11.8 Å². The molecule has 0 atom stereocenters. The van der Waals surface area contributed by atoms with Crippen LogP contribution in [0.2, 0.25) is 0 Å². The lowest BCUT2D eigenvalue weighted by molar-refractivity contribution is 0.0696. The van der Waals surface area contributed by atoms with E-state index in [1.165, 1.54) is 12.1 Å². The lowest BCUT2D eigenvalue weighted by Crippen LogP contribution is -2.00. The van der Waals surface area contributed by atoms with Crippen molar-refractivity contribution in [2.45, 2.75) is 20.8 Å². The average molecular weight is 257 g/mol. The molecule has 0 spiro atoms. The second-order valence-corrected chi connectivity index (χ2v) is 4.44. The molecule has 0 aliphatic heterocycles. The highest BCUT2D eigenvalue weighted by atomic mass is 16.5. The molecule has 1 aromatic heterocycles. The van der Waals surface area contributed by atoms with Gasteiger partial charge in [0.2, 0.25) is 5.88 Å². The average Bonchev–Trinajstić information content (AvgIpc) is 2.34. The molecular formula is C15H15NO3. The van der Waals surface area contributed by atoms with E-state index in [2.05, 4.69) is 4.98 Å². The fourth-order valence-corrected chi connectivity index (χ4v) is 1.76. The van der Waals surface area contributed by atoms with Gasteiger partial charge < -0.3 is 9.84 Å². The highest BCUT2D eigenvalue weighted by molar-refractivity contribution is 5.88. The molecule has 4 nitrogen and oxygen atoms in total. The summed E-state index contributed by atoms with van der Waals surface area (Å²) in [6, 6.07) is 8.67. The normalized spacial score (nSPS) is 10.3. The first kappa shape index (κ1) is 13.1. The summed E-state index contributed by atoms with van der Waals surface area (Å²) in [4.78, 5) is 15.2. The molecule has 0 fully saturated rings. The number of ether oxygens (including phenoxy) is 1. The van der Waals surface area contributed by atoms with Crippen molar-refractivity contribution in [3.63, 3.8) is 0 Å². The number of nitrogens with zero attached hydrogens (tertiary/aromatic N) is 1. The second-order valence-electron chi connectivity index (χ2n) is 4.44. The van der Waals surface area contributed by atoms with Gasteiger partial charge in [-0.1, -0.05) is 12.1 Å². The maximum Gasteiger partial charge on any atom is 0.335 e. The third-order valence-corrected chi connectivity index (χ3v) is 2.95. The third kappa shape index (κ3) is 2.91. The molecule has 0 amide bonds. The maximum absolute atomic E-state index is 11.0. The van der Waals surface area contributed by atoms with Crippen LogP contribution in [0, 0.1) is 20.8 Å². The molecule has 0 aliphatic carbocycles. The number of benzene rings is 1. The van der Waals surface area contributed by atoms with Gasteiger partial charge in [-0.15, -0.1) is 0 Å². The first-order valence-electron chi connectivity index (χ1n) is 5.93. The molecule has 0 saturated carbocycles. The Hall–Kier alpha value is -2.36. The van der Waals surface area contributed by atoms with Crippen molar-refractivity contribution in [2.24, 2.45) is 0 Å². The summed E-state index contributed by atoms with van der Waals surface area (Å²) in [5.41, 5.74) is 2.92. The fraction of sp³-hybridized carbons (Fsp3) is 0.200. The van der Waals surface area contributed by atoms with E-state index in [-0.39, 0.29) is 5.56 Å². The maximum atomic E-state index is 11.0. The number of aromatic carboxylic acids is 1. The Morgan fingerprint density at radius 3 is 2.63 bits per heavy atom. The Balaban J connectivity index is 2.38. The van der Waals surface area contributed by atoms with Gasteiger partial charge in [-0.3, -0.25) is 0 Å². The number of rotatable bonds is 3. The number of aromatic nitrogens is 1. The van der Waals surface area contributed by atoms with Gasteiger partial charge in [0.15, 0.2) is 0 Å². The van der Waals surface area contributed by atoms with E-state index in [1.54, 1.807) is 6.92 Å². The summed E-state index contributed by atoms with van der Waals surface area (Å²) in [5, 5.41) is 9.02. The lowest BCUT2D eigenvalue weighted by Gasteiger charge is -2.10. The van der Waals surface area contributed by atoms with Gasteiger partial charge in [0.25, 0.3) is 0 Å². The summed E-state index contributed by atoms with van der Waals surface area (Å²) in [5.74, 6) is -0.00291. The van der Waals surface area contributed by atoms with E-state index < -0.39 is 5.97 Å². The van der Waals surface area contributed by atoms with Crippen molar-refractivity contribution < 1.29 is 14.6 Å². The van der Waals surface area contributed by atoms with Gasteiger partial charge in [0.1, 0.15) is 5.75 Å². The molecule has 0 unspecified atom stereocenters. The van der Waals surface area contributed by atoms with Crippen LogP contribution in [-0.2, 0) is 0 Å². The monoisotopic (exact) mass is 257 g/mol. The van der Waals surface area contributed by atoms with Crippen LogP contribution in [0.5, 0.6) is 11.6 Å². The number of hydrogen-bond acceptors (Lipinski definition) is 3. The van der Waals surface area contributed by atoms with Crippen LogP contribution >= 0.6 is 0 Å². The summed E-state index contributed by atoms with van der Waals surface area (Å²) < 4.78 is 5.69. The van der Waals surface area contributed by atoms with Crippen LogP contribution in [0.1, 0.15) is 27.2 Å². The quantitative estimate of drug-likeness (QED) is 0.914. The third-order valence-electron chi connectivity index (χ3n) is 2.95. The molecule has 19 heavy (non-hydrogen) atoms. The summed E-state index contributed by atoms with van der Waals surface area (Å²) >= 11 is 0. The van der Waals surface area contributed by atoms with E-state index in [9.17, 15) is 4.79 Å². The fourth-order valence-electron chi connectivity index (χ4n) is 1.76. The minimum atomic E-state index is -0.990. The number of hydrogen-bond donors (Lipinski definition) is 1. The molecule has 4 heteroatoms. The first-order valence-corrected chi connectivity index (χ1v) is 5.93. The molecular weight excluding hydrogens is 242 g/mol. The van der Waals surface area contributed by atoms with Crippen LogP contribution in [0.25, 0.3) is 0 Å². The molecule has 0 bridgehead atoms. The van der Waals surface area contributed by atoms with Gasteiger partial charge >= 0.3 is 5.97 Å².